The number of methoxy groups -OCH3 is 2. The summed E-state index contributed by atoms with van der Waals surface area (Å²) in [6.45, 7) is 3.26. The molecule has 0 bridgehead atoms. The van der Waals surface area contributed by atoms with Crippen molar-refractivity contribution < 1.29 is 14.6 Å². The van der Waals surface area contributed by atoms with Crippen molar-refractivity contribution in [2.24, 2.45) is 0 Å². The number of nitrogen functional groups attached to an aromatic ring is 1. The zero-order valence-electron chi connectivity index (χ0n) is 15.8. The molecule has 1 fully saturated rings. The first-order valence-corrected chi connectivity index (χ1v) is 9.03. The summed E-state index contributed by atoms with van der Waals surface area (Å²) in [5.41, 5.74) is 6.90. The van der Waals surface area contributed by atoms with E-state index >= 15 is 0 Å². The van der Waals surface area contributed by atoms with Crippen LogP contribution >= 0.6 is 0 Å². The Labute approximate surface area is 159 Å². The lowest BCUT2D eigenvalue weighted by molar-refractivity contribution is 0.134. The second-order valence-electron chi connectivity index (χ2n) is 6.59. The quantitative estimate of drug-likeness (QED) is 0.746. The first kappa shape index (κ1) is 19.2. The number of anilines is 2. The van der Waals surface area contributed by atoms with E-state index in [4.69, 9.17) is 15.2 Å². The van der Waals surface area contributed by atoms with Crippen molar-refractivity contribution in [3.63, 3.8) is 0 Å². The zero-order valence-corrected chi connectivity index (χ0v) is 15.8. The monoisotopic (exact) mass is 373 g/mol. The largest absolute Gasteiger partial charge is 0.497 e. The van der Waals surface area contributed by atoms with Crippen LogP contribution in [0.4, 0.5) is 11.8 Å². The molecule has 0 spiro atoms. The minimum Gasteiger partial charge on any atom is -0.497 e. The third-order valence-corrected chi connectivity index (χ3v) is 4.81. The van der Waals surface area contributed by atoms with Crippen LogP contribution in [0.3, 0.4) is 0 Å². The highest BCUT2D eigenvalue weighted by Crippen LogP contribution is 2.26. The van der Waals surface area contributed by atoms with Crippen LogP contribution in [0, 0.1) is 0 Å². The van der Waals surface area contributed by atoms with Gasteiger partial charge in [-0.2, -0.15) is 4.98 Å². The average molecular weight is 373 g/mol. The first-order valence-electron chi connectivity index (χ1n) is 9.03. The van der Waals surface area contributed by atoms with Gasteiger partial charge in [0.1, 0.15) is 17.3 Å². The number of nitrogens with two attached hydrogens (primary N) is 1. The van der Waals surface area contributed by atoms with E-state index in [-0.39, 0.29) is 12.6 Å². The standard InChI is InChI=1S/C19H27N5O3/c1-26-16-9-14(10-17(11-16)27-2)12-23-6-7-24(13-15(23)4-8-25)19-21-5-3-18(20)22-19/h3,5,9-11,15,25H,4,6-8,12-13H2,1-2H3,(H2,20,21,22). The number of piperazine rings is 1. The van der Waals surface area contributed by atoms with E-state index in [1.807, 2.05) is 18.2 Å². The molecule has 3 N–H and O–H groups in total. The molecule has 27 heavy (non-hydrogen) atoms. The molecule has 0 aliphatic carbocycles. The summed E-state index contributed by atoms with van der Waals surface area (Å²) in [5.74, 6) is 2.65. The molecule has 1 unspecified atom stereocenters. The second kappa shape index (κ2) is 8.88. The lowest BCUT2D eigenvalue weighted by atomic mass is 10.1. The van der Waals surface area contributed by atoms with Gasteiger partial charge >= 0.3 is 0 Å². The van der Waals surface area contributed by atoms with E-state index in [2.05, 4.69) is 19.8 Å². The number of rotatable bonds is 7. The van der Waals surface area contributed by atoms with Crippen LogP contribution in [0.25, 0.3) is 0 Å². The van der Waals surface area contributed by atoms with Gasteiger partial charge in [-0.1, -0.05) is 0 Å². The number of benzene rings is 1. The fourth-order valence-electron chi connectivity index (χ4n) is 3.41. The topological polar surface area (TPSA) is 97.0 Å². The molecule has 1 aliphatic heterocycles. The Morgan fingerprint density at radius 3 is 2.56 bits per heavy atom. The smallest absolute Gasteiger partial charge is 0.227 e. The summed E-state index contributed by atoms with van der Waals surface area (Å²) < 4.78 is 10.7. The fraction of sp³-hybridized carbons (Fsp3) is 0.474. The summed E-state index contributed by atoms with van der Waals surface area (Å²) in [6.07, 6.45) is 2.35. The SMILES string of the molecule is COc1cc(CN2CCN(c3nccc(N)n3)CC2CCO)cc(OC)c1. The lowest BCUT2D eigenvalue weighted by Crippen LogP contribution is -2.53. The van der Waals surface area contributed by atoms with Crippen LogP contribution in [0.2, 0.25) is 0 Å². The Balaban J connectivity index is 1.74. The van der Waals surface area contributed by atoms with Gasteiger partial charge in [-0.05, 0) is 30.2 Å². The van der Waals surface area contributed by atoms with Gasteiger partial charge in [-0.25, -0.2) is 4.98 Å². The molecule has 146 valence electrons. The number of hydrogen-bond donors (Lipinski definition) is 2. The molecule has 0 radical (unpaired) electrons. The third kappa shape index (κ3) is 4.78. The van der Waals surface area contributed by atoms with E-state index < -0.39 is 0 Å². The number of nitrogens with zero attached hydrogens (tertiary/aromatic N) is 4. The van der Waals surface area contributed by atoms with Crippen LogP contribution in [-0.2, 0) is 6.54 Å². The minimum absolute atomic E-state index is 0.133. The van der Waals surface area contributed by atoms with Gasteiger partial charge in [-0.3, -0.25) is 4.90 Å². The van der Waals surface area contributed by atoms with Crippen LogP contribution in [-0.4, -0.2) is 66.5 Å². The van der Waals surface area contributed by atoms with Gasteiger partial charge in [0, 0.05) is 51.1 Å². The lowest BCUT2D eigenvalue weighted by Gasteiger charge is -2.41. The van der Waals surface area contributed by atoms with E-state index in [0.717, 1.165) is 43.2 Å². The van der Waals surface area contributed by atoms with Crippen LogP contribution in [0.5, 0.6) is 11.5 Å². The predicted octanol–water partition coefficient (Wildman–Crippen LogP) is 1.15. The Morgan fingerprint density at radius 2 is 1.93 bits per heavy atom. The molecule has 1 aliphatic rings. The van der Waals surface area contributed by atoms with E-state index in [1.54, 1.807) is 26.5 Å². The molecule has 1 aromatic heterocycles. The van der Waals surface area contributed by atoms with E-state index in [0.29, 0.717) is 18.2 Å². The predicted molar refractivity (Wildman–Crippen MR) is 104 cm³/mol. The van der Waals surface area contributed by atoms with Gasteiger partial charge in [0.25, 0.3) is 0 Å². The summed E-state index contributed by atoms with van der Waals surface area (Å²) in [7, 11) is 3.30. The van der Waals surface area contributed by atoms with Crippen molar-refractivity contribution in [1.29, 1.82) is 0 Å². The van der Waals surface area contributed by atoms with E-state index in [1.165, 1.54) is 0 Å². The first-order chi connectivity index (χ1) is 13.1. The number of aliphatic hydroxyl groups excluding tert-OH is 1. The van der Waals surface area contributed by atoms with Crippen molar-refractivity contribution in [2.45, 2.75) is 19.0 Å². The molecule has 3 rings (SSSR count). The van der Waals surface area contributed by atoms with Crippen molar-refractivity contribution in [3.8, 4) is 11.5 Å². The molecule has 0 saturated carbocycles. The van der Waals surface area contributed by atoms with Crippen LogP contribution in [0.15, 0.2) is 30.5 Å². The maximum atomic E-state index is 9.53. The molecule has 1 aromatic carbocycles. The molecular formula is C19H27N5O3. The Hall–Kier alpha value is -2.58. The van der Waals surface area contributed by atoms with E-state index in [9.17, 15) is 5.11 Å². The second-order valence-corrected chi connectivity index (χ2v) is 6.59. The maximum Gasteiger partial charge on any atom is 0.227 e. The normalized spacial score (nSPS) is 17.7. The Bertz CT molecular complexity index is 736. The van der Waals surface area contributed by atoms with Gasteiger partial charge < -0.3 is 25.2 Å². The molecule has 8 heteroatoms. The van der Waals surface area contributed by atoms with Gasteiger partial charge in [0.15, 0.2) is 0 Å². The summed E-state index contributed by atoms with van der Waals surface area (Å²) >= 11 is 0. The van der Waals surface area contributed by atoms with Crippen LogP contribution in [0.1, 0.15) is 12.0 Å². The summed E-state index contributed by atoms with van der Waals surface area (Å²) in [6, 6.07) is 7.77. The van der Waals surface area contributed by atoms with Gasteiger partial charge in [-0.15, -0.1) is 0 Å². The Morgan fingerprint density at radius 1 is 1.19 bits per heavy atom. The third-order valence-electron chi connectivity index (χ3n) is 4.81. The molecule has 1 atom stereocenters. The highest BCUT2D eigenvalue weighted by Gasteiger charge is 2.28. The summed E-state index contributed by atoms with van der Waals surface area (Å²) in [5, 5.41) is 9.53. The zero-order chi connectivity index (χ0) is 19.2. The molecule has 8 nitrogen and oxygen atoms in total. The molecular weight excluding hydrogens is 346 g/mol. The number of ether oxygens (including phenoxy) is 2. The Kier molecular flexibility index (Phi) is 6.31. The van der Waals surface area contributed by atoms with Crippen molar-refractivity contribution in [3.05, 3.63) is 36.0 Å². The minimum atomic E-state index is 0.133. The number of aromatic nitrogens is 2. The van der Waals surface area contributed by atoms with Gasteiger partial charge in [0.05, 0.1) is 14.2 Å². The van der Waals surface area contributed by atoms with Crippen LogP contribution < -0.4 is 20.1 Å². The number of hydrogen-bond acceptors (Lipinski definition) is 8. The van der Waals surface area contributed by atoms with Gasteiger partial charge in [0.2, 0.25) is 5.95 Å². The number of aliphatic hydroxyl groups is 1. The maximum absolute atomic E-state index is 9.53. The fourth-order valence-corrected chi connectivity index (χ4v) is 3.41. The molecule has 2 heterocycles. The molecule has 2 aromatic rings. The average Bonchev–Trinajstić information content (AvgIpc) is 2.69. The van der Waals surface area contributed by atoms with Crippen molar-refractivity contribution in [1.82, 2.24) is 14.9 Å². The summed E-state index contributed by atoms with van der Waals surface area (Å²) in [4.78, 5) is 13.1. The molecule has 0 amide bonds. The molecule has 1 saturated heterocycles. The van der Waals surface area contributed by atoms with Crippen molar-refractivity contribution in [2.75, 3.05) is 51.1 Å². The highest BCUT2D eigenvalue weighted by molar-refractivity contribution is 5.40. The highest BCUT2D eigenvalue weighted by atomic mass is 16.5. The van der Waals surface area contributed by atoms with Crippen molar-refractivity contribution >= 4 is 11.8 Å².